The molecule has 0 atom stereocenters. The normalized spacial score (nSPS) is 11.3. The summed E-state index contributed by atoms with van der Waals surface area (Å²) in [4.78, 5) is 28.8. The number of nitrogen functional groups attached to an aromatic ring is 1. The molecule has 0 spiro atoms. The first kappa shape index (κ1) is 25.8. The second-order valence-corrected chi connectivity index (χ2v) is 9.62. The zero-order valence-corrected chi connectivity index (χ0v) is 22.5. The Bertz CT molecular complexity index is 1740. The Kier molecular flexibility index (Phi) is 7.20. The number of aryl methyl sites for hydroxylation is 1. The number of hydrogen-bond donors (Lipinski definition) is 3. The van der Waals surface area contributed by atoms with Crippen molar-refractivity contribution in [1.29, 1.82) is 0 Å². The molecule has 10 heteroatoms. The number of nitrogens with two attached hydrogens (primary N) is 1. The third kappa shape index (κ3) is 5.01. The second-order valence-electron chi connectivity index (χ2n) is 8.74. The molecule has 0 saturated carbocycles. The van der Waals surface area contributed by atoms with Gasteiger partial charge in [-0.2, -0.15) is 0 Å². The SMILES string of the molecule is COC(=O)NC/C=C/c1cnc(N)c2c(-c3ccc(NC(=O)c4cc5ccccc5n4C)c(OC)c3)csc12. The van der Waals surface area contributed by atoms with Crippen LogP contribution in [-0.2, 0) is 11.8 Å². The monoisotopic (exact) mass is 541 g/mol. The summed E-state index contributed by atoms with van der Waals surface area (Å²) in [5.74, 6) is 0.709. The Hall–Kier alpha value is -4.83. The summed E-state index contributed by atoms with van der Waals surface area (Å²) in [7, 11) is 4.76. The second kappa shape index (κ2) is 10.9. The molecule has 3 aromatic heterocycles. The van der Waals surface area contributed by atoms with Crippen molar-refractivity contribution < 1.29 is 19.1 Å². The van der Waals surface area contributed by atoms with Crippen molar-refractivity contribution in [3.05, 3.63) is 77.4 Å². The Morgan fingerprint density at radius 3 is 2.74 bits per heavy atom. The summed E-state index contributed by atoms with van der Waals surface area (Å²) in [6, 6.07) is 15.3. The van der Waals surface area contributed by atoms with E-state index in [4.69, 9.17) is 10.5 Å². The Morgan fingerprint density at radius 1 is 1.15 bits per heavy atom. The molecule has 0 unspecified atom stereocenters. The number of nitrogens with zero attached hydrogens (tertiary/aromatic N) is 2. The number of benzene rings is 2. The van der Waals surface area contributed by atoms with E-state index in [-0.39, 0.29) is 5.91 Å². The van der Waals surface area contributed by atoms with E-state index in [0.29, 0.717) is 29.5 Å². The third-order valence-electron chi connectivity index (χ3n) is 6.44. The predicted molar refractivity (Wildman–Crippen MR) is 156 cm³/mol. The summed E-state index contributed by atoms with van der Waals surface area (Å²) in [5, 5.41) is 9.44. The van der Waals surface area contributed by atoms with Gasteiger partial charge in [0, 0.05) is 51.9 Å². The number of methoxy groups -OCH3 is 2. The quantitative estimate of drug-likeness (QED) is 0.244. The molecule has 5 aromatic rings. The molecule has 4 N–H and O–H groups in total. The van der Waals surface area contributed by atoms with E-state index in [1.165, 1.54) is 7.11 Å². The fraction of sp³-hybridized carbons (Fsp3) is 0.138. The van der Waals surface area contributed by atoms with Crippen LogP contribution in [0.4, 0.5) is 16.3 Å². The molecule has 0 aliphatic carbocycles. The highest BCUT2D eigenvalue weighted by Crippen LogP contribution is 2.41. The molecule has 0 fully saturated rings. The zero-order valence-electron chi connectivity index (χ0n) is 21.6. The molecule has 0 bridgehead atoms. The average Bonchev–Trinajstić information content (AvgIpc) is 3.55. The molecule has 2 amide bonds. The molecule has 39 heavy (non-hydrogen) atoms. The lowest BCUT2D eigenvalue weighted by Crippen LogP contribution is -2.22. The van der Waals surface area contributed by atoms with Crippen molar-refractivity contribution in [2.45, 2.75) is 0 Å². The maximum atomic E-state index is 13.2. The van der Waals surface area contributed by atoms with Gasteiger partial charge in [-0.3, -0.25) is 4.79 Å². The molecular weight excluding hydrogens is 514 g/mol. The van der Waals surface area contributed by atoms with Crippen molar-refractivity contribution in [2.75, 3.05) is 31.8 Å². The van der Waals surface area contributed by atoms with Crippen LogP contribution in [0, 0.1) is 0 Å². The van der Waals surface area contributed by atoms with Crippen LogP contribution < -0.4 is 21.1 Å². The standard InChI is InChI=1S/C29H27N5O4S/c1-34-22-9-5-4-7-18(22)13-23(34)28(35)33-21-11-10-17(14-24(21)37-2)20-16-39-26-19(15-32-27(30)25(20)26)8-6-12-31-29(36)38-3/h4-11,13-16H,12H2,1-3H3,(H2,30,32)(H,31,36)(H,33,35)/b8-6+. The number of fused-ring (bicyclic) bond motifs is 2. The first-order chi connectivity index (χ1) is 18.9. The van der Waals surface area contributed by atoms with Crippen LogP contribution in [-0.4, -0.2) is 42.3 Å². The van der Waals surface area contributed by atoms with E-state index < -0.39 is 6.09 Å². The van der Waals surface area contributed by atoms with Crippen molar-refractivity contribution in [2.24, 2.45) is 7.05 Å². The molecule has 5 rings (SSSR count). The summed E-state index contributed by atoms with van der Waals surface area (Å²) < 4.78 is 13.1. The van der Waals surface area contributed by atoms with Gasteiger partial charge in [0.05, 0.1) is 19.9 Å². The van der Waals surface area contributed by atoms with Gasteiger partial charge in [0.15, 0.2) is 0 Å². The molecule has 3 heterocycles. The number of ether oxygens (including phenoxy) is 2. The van der Waals surface area contributed by atoms with E-state index in [0.717, 1.165) is 37.7 Å². The smallest absolute Gasteiger partial charge is 0.407 e. The van der Waals surface area contributed by atoms with Crippen LogP contribution in [0.3, 0.4) is 0 Å². The molecule has 198 valence electrons. The first-order valence-electron chi connectivity index (χ1n) is 12.1. The minimum atomic E-state index is -0.496. The Morgan fingerprint density at radius 2 is 1.97 bits per heavy atom. The van der Waals surface area contributed by atoms with Gasteiger partial charge in [0.2, 0.25) is 0 Å². The molecule has 0 aliphatic heterocycles. The number of anilines is 2. The van der Waals surface area contributed by atoms with Crippen LogP contribution in [0.2, 0.25) is 0 Å². The van der Waals surface area contributed by atoms with E-state index in [1.807, 2.05) is 77.7 Å². The van der Waals surface area contributed by atoms with Crippen molar-refractivity contribution in [3.63, 3.8) is 0 Å². The van der Waals surface area contributed by atoms with Crippen LogP contribution in [0.5, 0.6) is 5.75 Å². The van der Waals surface area contributed by atoms with E-state index in [2.05, 4.69) is 20.4 Å². The fourth-order valence-electron chi connectivity index (χ4n) is 4.47. The minimum absolute atomic E-state index is 0.229. The lowest BCUT2D eigenvalue weighted by Gasteiger charge is -2.13. The highest BCUT2D eigenvalue weighted by molar-refractivity contribution is 7.18. The summed E-state index contributed by atoms with van der Waals surface area (Å²) in [6.07, 6.45) is 4.92. The van der Waals surface area contributed by atoms with Crippen LogP contribution in [0.25, 0.3) is 38.2 Å². The van der Waals surface area contributed by atoms with Gasteiger partial charge >= 0.3 is 6.09 Å². The third-order valence-corrected chi connectivity index (χ3v) is 7.47. The lowest BCUT2D eigenvalue weighted by atomic mass is 10.0. The first-order valence-corrected chi connectivity index (χ1v) is 13.0. The lowest BCUT2D eigenvalue weighted by molar-refractivity contribution is 0.101. The average molecular weight is 542 g/mol. The number of rotatable bonds is 7. The minimum Gasteiger partial charge on any atom is -0.495 e. The summed E-state index contributed by atoms with van der Waals surface area (Å²) in [6.45, 7) is 0.319. The summed E-state index contributed by atoms with van der Waals surface area (Å²) in [5.41, 5.74) is 11.1. The highest BCUT2D eigenvalue weighted by Gasteiger charge is 2.18. The van der Waals surface area contributed by atoms with E-state index in [9.17, 15) is 9.59 Å². The highest BCUT2D eigenvalue weighted by atomic mass is 32.1. The number of para-hydroxylation sites is 1. The van der Waals surface area contributed by atoms with Gasteiger partial charge < -0.3 is 30.4 Å². The number of carbonyl (C=O) groups is 2. The largest absolute Gasteiger partial charge is 0.495 e. The predicted octanol–water partition coefficient (Wildman–Crippen LogP) is 5.67. The fourth-order valence-corrected chi connectivity index (χ4v) is 5.55. The number of hydrogen-bond acceptors (Lipinski definition) is 7. The van der Waals surface area contributed by atoms with Crippen LogP contribution >= 0.6 is 11.3 Å². The molecule has 0 saturated heterocycles. The number of pyridine rings is 1. The summed E-state index contributed by atoms with van der Waals surface area (Å²) >= 11 is 1.55. The number of aromatic nitrogens is 2. The van der Waals surface area contributed by atoms with Gasteiger partial charge in [0.25, 0.3) is 5.91 Å². The maximum absolute atomic E-state index is 13.2. The van der Waals surface area contributed by atoms with Crippen LogP contribution in [0.1, 0.15) is 16.1 Å². The van der Waals surface area contributed by atoms with Gasteiger partial charge in [-0.15, -0.1) is 11.3 Å². The van der Waals surface area contributed by atoms with Crippen molar-refractivity contribution in [3.8, 4) is 16.9 Å². The number of alkyl carbamates (subject to hydrolysis) is 1. The molecular formula is C29H27N5O4S. The molecule has 0 radical (unpaired) electrons. The number of amides is 2. The molecule has 2 aromatic carbocycles. The van der Waals surface area contributed by atoms with Crippen LogP contribution in [0.15, 0.2) is 66.2 Å². The number of thiophene rings is 1. The molecule has 9 nitrogen and oxygen atoms in total. The van der Waals surface area contributed by atoms with Gasteiger partial charge in [-0.05, 0) is 35.2 Å². The topological polar surface area (TPSA) is 121 Å². The number of carbonyl (C=O) groups excluding carboxylic acids is 2. The maximum Gasteiger partial charge on any atom is 0.407 e. The van der Waals surface area contributed by atoms with Gasteiger partial charge in [0.1, 0.15) is 17.3 Å². The van der Waals surface area contributed by atoms with Gasteiger partial charge in [-0.1, -0.05) is 36.4 Å². The van der Waals surface area contributed by atoms with E-state index in [1.54, 1.807) is 24.6 Å². The zero-order chi connectivity index (χ0) is 27.5. The van der Waals surface area contributed by atoms with Crippen molar-refractivity contribution >= 4 is 61.9 Å². The van der Waals surface area contributed by atoms with Gasteiger partial charge in [-0.25, -0.2) is 9.78 Å². The van der Waals surface area contributed by atoms with E-state index >= 15 is 0 Å². The van der Waals surface area contributed by atoms with Crippen molar-refractivity contribution in [1.82, 2.24) is 14.9 Å². The number of nitrogens with one attached hydrogen (secondary N) is 2. The Labute approximate surface area is 228 Å². The Balaban J connectivity index is 1.43. The molecule has 0 aliphatic rings.